The largest absolute Gasteiger partial charge is 0.497 e. The fourth-order valence-electron chi connectivity index (χ4n) is 2.97. The first kappa shape index (κ1) is 19.9. The molecule has 0 amide bonds. The average Bonchev–Trinajstić information content (AvgIpc) is 3.23. The molecular weight excluding hydrogens is 378 g/mol. The molecule has 2 aromatic heterocycles. The quantitative estimate of drug-likeness (QED) is 0.443. The summed E-state index contributed by atoms with van der Waals surface area (Å²) in [6.07, 6.45) is 3.88. The van der Waals surface area contributed by atoms with Gasteiger partial charge in [-0.2, -0.15) is 0 Å². The molecule has 0 N–H and O–H groups in total. The first-order chi connectivity index (χ1) is 13.4. The molecule has 0 aliphatic carbocycles. The lowest BCUT2D eigenvalue weighted by Crippen LogP contribution is -2.21. The number of imidazole rings is 1. The zero-order valence-corrected chi connectivity index (χ0v) is 17.2. The Balaban J connectivity index is 1.71. The van der Waals surface area contributed by atoms with E-state index in [0.29, 0.717) is 35.1 Å². The highest BCUT2D eigenvalue weighted by atomic mass is 32.1. The lowest BCUT2D eigenvalue weighted by molar-refractivity contribution is 0.0599. The standard InChI is InChI=1S/C20H23N3O4S/c1-14-18(19(24)26-4)11-17(27-14)12-21(2)13-22-9-10-23(20(22)28)15-5-7-16(25-3)8-6-15/h5-11H,12-13H2,1-4H3. The number of aryl methyl sites for hydroxylation is 1. The topological polar surface area (TPSA) is 61.8 Å². The maximum absolute atomic E-state index is 11.7. The van der Waals surface area contributed by atoms with Gasteiger partial charge in [0.2, 0.25) is 0 Å². The van der Waals surface area contributed by atoms with Crippen LogP contribution < -0.4 is 4.74 Å². The number of carbonyl (C=O) groups excluding carboxylic acids is 1. The van der Waals surface area contributed by atoms with Crippen molar-refractivity contribution in [2.45, 2.75) is 20.1 Å². The summed E-state index contributed by atoms with van der Waals surface area (Å²) in [5.41, 5.74) is 1.42. The summed E-state index contributed by atoms with van der Waals surface area (Å²) >= 11 is 5.61. The Bertz CT molecular complexity index is 1020. The van der Waals surface area contributed by atoms with Crippen LogP contribution in [0, 0.1) is 11.7 Å². The van der Waals surface area contributed by atoms with Gasteiger partial charge in [0.15, 0.2) is 4.77 Å². The molecule has 0 aliphatic heterocycles. The van der Waals surface area contributed by atoms with E-state index in [1.54, 1.807) is 20.1 Å². The van der Waals surface area contributed by atoms with E-state index in [0.717, 1.165) is 11.4 Å². The summed E-state index contributed by atoms with van der Waals surface area (Å²) in [6.45, 7) is 2.86. The van der Waals surface area contributed by atoms with Crippen LogP contribution in [0.5, 0.6) is 5.75 Å². The minimum atomic E-state index is -0.394. The van der Waals surface area contributed by atoms with Gasteiger partial charge in [-0.25, -0.2) is 4.79 Å². The van der Waals surface area contributed by atoms with Crippen LogP contribution in [0.25, 0.3) is 5.69 Å². The van der Waals surface area contributed by atoms with E-state index in [2.05, 4.69) is 0 Å². The average molecular weight is 401 g/mol. The van der Waals surface area contributed by atoms with Crippen LogP contribution in [0.2, 0.25) is 0 Å². The van der Waals surface area contributed by atoms with Crippen LogP contribution in [-0.4, -0.2) is 41.3 Å². The van der Waals surface area contributed by atoms with Gasteiger partial charge in [0, 0.05) is 18.1 Å². The Morgan fingerprint density at radius 3 is 2.57 bits per heavy atom. The fraction of sp³-hybridized carbons (Fsp3) is 0.300. The van der Waals surface area contributed by atoms with Crippen molar-refractivity contribution in [1.29, 1.82) is 0 Å². The normalized spacial score (nSPS) is 11.0. The molecule has 1 aromatic carbocycles. The third-order valence-electron chi connectivity index (χ3n) is 4.39. The minimum absolute atomic E-state index is 0.394. The second kappa shape index (κ2) is 8.45. The van der Waals surface area contributed by atoms with Gasteiger partial charge in [0.05, 0.1) is 27.4 Å². The molecule has 8 heteroatoms. The lowest BCUT2D eigenvalue weighted by atomic mass is 10.2. The summed E-state index contributed by atoms with van der Waals surface area (Å²) in [5, 5.41) is 0. The molecule has 0 saturated carbocycles. The molecule has 148 valence electrons. The number of rotatable bonds is 7. The predicted molar refractivity (Wildman–Crippen MR) is 107 cm³/mol. The van der Waals surface area contributed by atoms with Gasteiger partial charge in [0.1, 0.15) is 22.8 Å². The van der Waals surface area contributed by atoms with Crippen molar-refractivity contribution in [3.63, 3.8) is 0 Å². The van der Waals surface area contributed by atoms with E-state index >= 15 is 0 Å². The Morgan fingerprint density at radius 2 is 1.93 bits per heavy atom. The zero-order valence-electron chi connectivity index (χ0n) is 16.3. The van der Waals surface area contributed by atoms with Gasteiger partial charge < -0.3 is 18.5 Å². The molecule has 0 radical (unpaired) electrons. The first-order valence-electron chi connectivity index (χ1n) is 8.71. The zero-order chi connectivity index (χ0) is 20.3. The van der Waals surface area contributed by atoms with Crippen molar-refractivity contribution in [3.8, 4) is 11.4 Å². The van der Waals surface area contributed by atoms with E-state index < -0.39 is 5.97 Å². The molecule has 0 unspecified atom stereocenters. The first-order valence-corrected chi connectivity index (χ1v) is 9.12. The number of furan rings is 1. The number of hydrogen-bond acceptors (Lipinski definition) is 6. The van der Waals surface area contributed by atoms with E-state index in [9.17, 15) is 4.79 Å². The van der Waals surface area contributed by atoms with Gasteiger partial charge in [-0.3, -0.25) is 9.47 Å². The summed E-state index contributed by atoms with van der Waals surface area (Å²) in [4.78, 5) is 13.8. The number of benzene rings is 1. The van der Waals surface area contributed by atoms with Gasteiger partial charge in [-0.1, -0.05) is 0 Å². The number of hydrogen-bond donors (Lipinski definition) is 0. The van der Waals surface area contributed by atoms with Crippen molar-refractivity contribution in [2.24, 2.45) is 0 Å². The summed E-state index contributed by atoms with van der Waals surface area (Å²) in [7, 11) is 4.96. The highest BCUT2D eigenvalue weighted by Crippen LogP contribution is 2.18. The van der Waals surface area contributed by atoms with Crippen LogP contribution in [0.1, 0.15) is 21.9 Å². The molecule has 3 aromatic rings. The fourth-order valence-corrected chi connectivity index (χ4v) is 3.26. The molecule has 28 heavy (non-hydrogen) atoms. The van der Waals surface area contributed by atoms with Crippen LogP contribution in [-0.2, 0) is 18.0 Å². The van der Waals surface area contributed by atoms with Gasteiger partial charge in [-0.15, -0.1) is 0 Å². The van der Waals surface area contributed by atoms with Crippen LogP contribution >= 0.6 is 12.2 Å². The predicted octanol–water partition coefficient (Wildman–Crippen LogP) is 3.79. The Labute approximate surface area is 168 Å². The highest BCUT2D eigenvalue weighted by Gasteiger charge is 2.16. The number of methoxy groups -OCH3 is 2. The molecule has 0 aliphatic rings. The third kappa shape index (κ3) is 4.18. The maximum Gasteiger partial charge on any atom is 0.341 e. The number of aromatic nitrogens is 2. The molecule has 0 fully saturated rings. The molecule has 7 nitrogen and oxygen atoms in total. The monoisotopic (exact) mass is 401 g/mol. The van der Waals surface area contributed by atoms with Crippen LogP contribution in [0.3, 0.4) is 0 Å². The van der Waals surface area contributed by atoms with Crippen molar-refractivity contribution in [3.05, 3.63) is 64.6 Å². The Kier molecular flexibility index (Phi) is 6.01. The van der Waals surface area contributed by atoms with Gasteiger partial charge in [-0.05, 0) is 56.5 Å². The highest BCUT2D eigenvalue weighted by molar-refractivity contribution is 7.71. The third-order valence-corrected chi connectivity index (χ3v) is 4.82. The second-order valence-electron chi connectivity index (χ2n) is 6.45. The van der Waals surface area contributed by atoms with Gasteiger partial charge in [0.25, 0.3) is 0 Å². The van der Waals surface area contributed by atoms with E-state index in [1.807, 2.05) is 57.7 Å². The van der Waals surface area contributed by atoms with Crippen LogP contribution in [0.15, 0.2) is 47.1 Å². The second-order valence-corrected chi connectivity index (χ2v) is 6.81. The SMILES string of the molecule is COC(=O)c1cc(CN(C)Cn2ccn(-c3ccc(OC)cc3)c2=S)oc1C. The van der Waals surface area contributed by atoms with Crippen molar-refractivity contribution in [1.82, 2.24) is 14.0 Å². The number of nitrogens with zero attached hydrogens (tertiary/aromatic N) is 3. The molecule has 3 rings (SSSR count). The Morgan fingerprint density at radius 1 is 1.21 bits per heavy atom. The number of esters is 1. The lowest BCUT2D eigenvalue weighted by Gasteiger charge is -2.16. The molecule has 2 heterocycles. The molecule has 0 spiro atoms. The molecule has 0 saturated heterocycles. The smallest absolute Gasteiger partial charge is 0.341 e. The van der Waals surface area contributed by atoms with E-state index in [4.69, 9.17) is 26.1 Å². The molecule has 0 atom stereocenters. The Hall–Kier alpha value is -2.84. The maximum atomic E-state index is 11.7. The van der Waals surface area contributed by atoms with Crippen molar-refractivity contribution in [2.75, 3.05) is 21.3 Å². The van der Waals surface area contributed by atoms with E-state index in [1.165, 1.54) is 7.11 Å². The van der Waals surface area contributed by atoms with Gasteiger partial charge >= 0.3 is 5.97 Å². The summed E-state index contributed by atoms with van der Waals surface area (Å²) in [5.74, 6) is 1.66. The van der Waals surface area contributed by atoms with Crippen LogP contribution in [0.4, 0.5) is 0 Å². The van der Waals surface area contributed by atoms with Crippen molar-refractivity contribution < 1.29 is 18.7 Å². The molecular formula is C20H23N3O4S. The molecule has 0 bridgehead atoms. The summed E-state index contributed by atoms with van der Waals surface area (Å²) in [6, 6.07) is 9.45. The van der Waals surface area contributed by atoms with Crippen molar-refractivity contribution >= 4 is 18.2 Å². The number of carbonyl (C=O) groups is 1. The number of ether oxygens (including phenoxy) is 2. The minimum Gasteiger partial charge on any atom is -0.497 e. The van der Waals surface area contributed by atoms with E-state index in [-0.39, 0.29) is 0 Å². The summed E-state index contributed by atoms with van der Waals surface area (Å²) < 4.78 is 20.2.